The number of aromatic hydroxyl groups is 1. The minimum Gasteiger partial charge on any atom is -0.503 e. The first-order valence-corrected chi connectivity index (χ1v) is 6.31. The summed E-state index contributed by atoms with van der Waals surface area (Å²) >= 11 is 0. The third kappa shape index (κ3) is 1.83. The number of aryl methyl sites for hydroxylation is 1. The van der Waals surface area contributed by atoms with Gasteiger partial charge < -0.3 is 5.11 Å². The predicted octanol–water partition coefficient (Wildman–Crippen LogP) is 2.47. The van der Waals surface area contributed by atoms with Gasteiger partial charge in [0.25, 0.3) is 0 Å². The average Bonchev–Trinajstić information content (AvgIpc) is 2.61. The summed E-state index contributed by atoms with van der Waals surface area (Å²) in [6, 6.07) is 5.94. The third-order valence-corrected chi connectivity index (χ3v) is 4.97. The molecule has 1 aliphatic rings. The van der Waals surface area contributed by atoms with Crippen molar-refractivity contribution in [1.82, 2.24) is 0 Å². The fourth-order valence-corrected chi connectivity index (χ4v) is 4.19. The number of benzene rings is 1. The molecule has 13 heavy (non-hydrogen) atoms. The van der Waals surface area contributed by atoms with Gasteiger partial charge in [-0.15, -0.1) is 0 Å². The van der Waals surface area contributed by atoms with Gasteiger partial charge in [-0.25, -0.2) is 0 Å². The van der Waals surface area contributed by atoms with Gasteiger partial charge in [-0.05, 0) is 37.5 Å². The molecule has 0 aliphatic carbocycles. The summed E-state index contributed by atoms with van der Waals surface area (Å²) in [5.74, 6) is 3.05. The molecule has 0 atom stereocenters. The van der Waals surface area contributed by atoms with Gasteiger partial charge in [-0.2, -0.15) is 0 Å². The van der Waals surface area contributed by atoms with E-state index < -0.39 is 0 Å². The smallest absolute Gasteiger partial charge is 0.196 e. The van der Waals surface area contributed by atoms with Crippen molar-refractivity contribution < 1.29 is 5.11 Å². The summed E-state index contributed by atoms with van der Waals surface area (Å²) in [5.41, 5.74) is 1.26. The second kappa shape index (κ2) is 3.62. The van der Waals surface area contributed by atoms with Crippen LogP contribution in [0, 0.1) is 6.92 Å². The predicted molar refractivity (Wildman–Crippen MR) is 57.4 cm³/mol. The molecular formula is C11H15OS+. The summed E-state index contributed by atoms with van der Waals surface area (Å²) < 4.78 is 0. The first kappa shape index (κ1) is 8.95. The van der Waals surface area contributed by atoms with E-state index in [4.69, 9.17) is 0 Å². The SMILES string of the molecule is Cc1ccc(O)c([S+]2CCCC2)c1. The highest BCUT2D eigenvalue weighted by molar-refractivity contribution is 7.97. The Bertz CT molecular complexity index is 303. The van der Waals surface area contributed by atoms with Crippen molar-refractivity contribution in [2.45, 2.75) is 24.7 Å². The van der Waals surface area contributed by atoms with E-state index in [0.717, 1.165) is 0 Å². The molecule has 1 aromatic rings. The van der Waals surface area contributed by atoms with Crippen LogP contribution in [0.25, 0.3) is 0 Å². The highest BCUT2D eigenvalue weighted by Crippen LogP contribution is 2.30. The van der Waals surface area contributed by atoms with Crippen LogP contribution in [0.15, 0.2) is 23.1 Å². The van der Waals surface area contributed by atoms with Crippen LogP contribution in [0.1, 0.15) is 18.4 Å². The summed E-state index contributed by atoms with van der Waals surface area (Å²) in [4.78, 5) is 1.19. The molecule has 1 fully saturated rings. The first-order chi connectivity index (χ1) is 6.27. The Morgan fingerprint density at radius 1 is 1.23 bits per heavy atom. The lowest BCUT2D eigenvalue weighted by Gasteiger charge is -2.03. The Hall–Kier alpha value is -0.630. The molecule has 2 rings (SSSR count). The molecule has 2 heteroatoms. The van der Waals surface area contributed by atoms with E-state index in [-0.39, 0.29) is 0 Å². The van der Waals surface area contributed by atoms with Crippen LogP contribution in [-0.2, 0) is 10.9 Å². The lowest BCUT2D eigenvalue weighted by atomic mass is 10.2. The highest BCUT2D eigenvalue weighted by atomic mass is 32.2. The van der Waals surface area contributed by atoms with Gasteiger partial charge in [0.1, 0.15) is 11.5 Å². The first-order valence-electron chi connectivity index (χ1n) is 4.74. The summed E-state index contributed by atoms with van der Waals surface area (Å²) in [6.45, 7) is 2.09. The minimum absolute atomic E-state index is 0.337. The lowest BCUT2D eigenvalue weighted by molar-refractivity contribution is 0.462. The van der Waals surface area contributed by atoms with Crippen LogP contribution in [0.3, 0.4) is 0 Å². The molecule has 0 aromatic heterocycles. The van der Waals surface area contributed by atoms with Gasteiger partial charge >= 0.3 is 0 Å². The molecule has 1 aromatic carbocycles. The van der Waals surface area contributed by atoms with E-state index in [9.17, 15) is 5.11 Å². The summed E-state index contributed by atoms with van der Waals surface area (Å²) in [7, 11) is 0.337. The monoisotopic (exact) mass is 195 g/mol. The fraction of sp³-hybridized carbons (Fsp3) is 0.455. The van der Waals surface area contributed by atoms with E-state index in [2.05, 4.69) is 13.0 Å². The van der Waals surface area contributed by atoms with E-state index in [1.807, 2.05) is 12.1 Å². The normalized spacial score (nSPS) is 17.9. The van der Waals surface area contributed by atoms with Crippen LogP contribution in [-0.4, -0.2) is 16.6 Å². The molecule has 1 heterocycles. The van der Waals surface area contributed by atoms with Gasteiger partial charge in [-0.1, -0.05) is 6.07 Å². The van der Waals surface area contributed by atoms with Gasteiger partial charge in [0, 0.05) is 10.9 Å². The zero-order valence-electron chi connectivity index (χ0n) is 7.92. The number of rotatable bonds is 1. The van der Waals surface area contributed by atoms with Crippen LogP contribution >= 0.6 is 0 Å². The molecular weight excluding hydrogens is 180 g/mol. The number of hydrogen-bond donors (Lipinski definition) is 1. The largest absolute Gasteiger partial charge is 0.503 e. The Morgan fingerprint density at radius 2 is 1.92 bits per heavy atom. The molecule has 1 nitrogen and oxygen atoms in total. The quantitative estimate of drug-likeness (QED) is 0.683. The molecule has 0 unspecified atom stereocenters. The van der Waals surface area contributed by atoms with Gasteiger partial charge in [-0.3, -0.25) is 0 Å². The third-order valence-electron chi connectivity index (χ3n) is 2.46. The maximum absolute atomic E-state index is 9.70. The average molecular weight is 195 g/mol. The zero-order chi connectivity index (χ0) is 9.26. The molecule has 70 valence electrons. The van der Waals surface area contributed by atoms with Crippen molar-refractivity contribution in [3.8, 4) is 5.75 Å². The topological polar surface area (TPSA) is 20.2 Å². The zero-order valence-corrected chi connectivity index (χ0v) is 8.73. The molecule has 0 bridgehead atoms. The second-order valence-corrected chi connectivity index (χ2v) is 5.82. The molecule has 1 N–H and O–H groups in total. The van der Waals surface area contributed by atoms with Crippen molar-refractivity contribution in [3.05, 3.63) is 23.8 Å². The Labute approximate surface area is 82.1 Å². The van der Waals surface area contributed by atoms with E-state index in [0.29, 0.717) is 16.6 Å². The van der Waals surface area contributed by atoms with Gasteiger partial charge in [0.15, 0.2) is 10.6 Å². The van der Waals surface area contributed by atoms with Crippen molar-refractivity contribution in [2.75, 3.05) is 11.5 Å². The van der Waals surface area contributed by atoms with Crippen molar-refractivity contribution in [2.24, 2.45) is 0 Å². The lowest BCUT2D eigenvalue weighted by Crippen LogP contribution is -2.04. The van der Waals surface area contributed by atoms with E-state index in [1.165, 1.54) is 34.8 Å². The fourth-order valence-electron chi connectivity index (χ4n) is 1.73. The molecule has 1 aliphatic heterocycles. The van der Waals surface area contributed by atoms with Crippen molar-refractivity contribution in [1.29, 1.82) is 0 Å². The summed E-state index contributed by atoms with van der Waals surface area (Å²) in [5, 5.41) is 9.70. The highest BCUT2D eigenvalue weighted by Gasteiger charge is 2.29. The maximum atomic E-state index is 9.70. The molecule has 1 saturated heterocycles. The minimum atomic E-state index is 0.337. The molecule has 0 radical (unpaired) electrons. The molecule has 0 saturated carbocycles. The van der Waals surface area contributed by atoms with E-state index >= 15 is 0 Å². The second-order valence-electron chi connectivity index (χ2n) is 3.58. The van der Waals surface area contributed by atoms with Gasteiger partial charge in [0.05, 0.1) is 0 Å². The van der Waals surface area contributed by atoms with E-state index in [1.54, 1.807) is 0 Å². The van der Waals surface area contributed by atoms with Gasteiger partial charge in [0.2, 0.25) is 0 Å². The number of hydrogen-bond acceptors (Lipinski definition) is 1. The Morgan fingerprint density at radius 3 is 2.62 bits per heavy atom. The molecule has 0 amide bonds. The number of phenols is 1. The number of phenolic OH excluding ortho intramolecular Hbond substituents is 1. The Balaban J connectivity index is 2.32. The van der Waals surface area contributed by atoms with Crippen LogP contribution in [0.5, 0.6) is 5.75 Å². The summed E-state index contributed by atoms with van der Waals surface area (Å²) in [6.07, 6.45) is 2.66. The standard InChI is InChI=1S/C11H14OS/c1-9-4-5-10(12)11(8-9)13-6-2-3-7-13/h4-5,8H,2-3,6-7H2,1H3/p+1. The van der Waals surface area contributed by atoms with Crippen molar-refractivity contribution >= 4 is 10.9 Å². The Kier molecular flexibility index (Phi) is 2.49. The van der Waals surface area contributed by atoms with Crippen LogP contribution < -0.4 is 0 Å². The van der Waals surface area contributed by atoms with Crippen molar-refractivity contribution in [3.63, 3.8) is 0 Å². The maximum Gasteiger partial charge on any atom is 0.196 e. The van der Waals surface area contributed by atoms with Crippen LogP contribution in [0.4, 0.5) is 0 Å². The molecule has 0 spiro atoms. The van der Waals surface area contributed by atoms with Crippen LogP contribution in [0.2, 0.25) is 0 Å².